The molecule has 1 aromatic heterocycles. The van der Waals surface area contributed by atoms with Crippen molar-refractivity contribution >= 4 is 22.7 Å². The molecule has 0 aliphatic rings. The Morgan fingerprint density at radius 3 is 2.40 bits per heavy atom. The van der Waals surface area contributed by atoms with Gasteiger partial charge in [-0.1, -0.05) is 12.1 Å². The molecule has 0 saturated carbocycles. The van der Waals surface area contributed by atoms with Crippen LogP contribution in [0.3, 0.4) is 0 Å². The zero-order chi connectivity index (χ0) is 14.9. The van der Waals surface area contributed by atoms with Crippen LogP contribution in [0.25, 0.3) is 10.9 Å². The number of hydrogen-bond acceptors (Lipinski definition) is 5. The molecule has 0 bridgehead atoms. The van der Waals surface area contributed by atoms with Crippen molar-refractivity contribution in [1.82, 2.24) is 4.73 Å². The largest absolute Gasteiger partial charge is 0.463 e. The lowest BCUT2D eigenvalue weighted by Crippen LogP contribution is -2.29. The number of para-hydroxylation sites is 1. The van der Waals surface area contributed by atoms with Gasteiger partial charge in [-0.2, -0.15) is 4.73 Å². The molecule has 0 amide bonds. The lowest BCUT2D eigenvalue weighted by Gasteiger charge is -2.15. The molecule has 0 aliphatic heterocycles. The molecule has 6 nitrogen and oxygen atoms in total. The van der Waals surface area contributed by atoms with Crippen molar-refractivity contribution in [3.8, 4) is 0 Å². The second-order valence-corrected chi connectivity index (χ2v) is 4.10. The van der Waals surface area contributed by atoms with Crippen LogP contribution in [0.2, 0.25) is 0 Å². The first kappa shape index (κ1) is 13.8. The summed E-state index contributed by atoms with van der Waals surface area (Å²) in [5.74, 6) is -2.06. The maximum atomic E-state index is 12.4. The zero-order valence-electron chi connectivity index (χ0n) is 11.3. The fraction of sp³-hybridized carbons (Fsp3) is 0.214. The molecule has 0 spiro atoms. The van der Waals surface area contributed by atoms with E-state index in [1.807, 2.05) is 0 Å². The van der Waals surface area contributed by atoms with Crippen molar-refractivity contribution < 1.29 is 19.2 Å². The fourth-order valence-corrected chi connectivity index (χ4v) is 2.12. The highest BCUT2D eigenvalue weighted by Crippen LogP contribution is 2.15. The molecule has 2 rings (SSSR count). The third kappa shape index (κ3) is 1.95. The Morgan fingerprint density at radius 2 is 1.80 bits per heavy atom. The van der Waals surface area contributed by atoms with Gasteiger partial charge in [-0.15, -0.1) is 0 Å². The van der Waals surface area contributed by atoms with Gasteiger partial charge in [0.25, 0.3) is 5.78 Å². The molecule has 0 unspecified atom stereocenters. The normalized spacial score (nSPS) is 10.3. The van der Waals surface area contributed by atoms with E-state index >= 15 is 0 Å². The summed E-state index contributed by atoms with van der Waals surface area (Å²) in [6, 6.07) is 6.68. The predicted molar refractivity (Wildman–Crippen MR) is 71.8 cm³/mol. The van der Waals surface area contributed by atoms with Gasteiger partial charge in [-0.3, -0.25) is 9.59 Å². The summed E-state index contributed by atoms with van der Waals surface area (Å²) in [6.07, 6.45) is 0. The molecule has 0 fully saturated rings. The first-order chi connectivity index (χ1) is 9.52. The minimum atomic E-state index is -1.08. The monoisotopic (exact) mass is 275 g/mol. The third-order valence-electron chi connectivity index (χ3n) is 3.04. The number of Topliss-reactive ketones (excluding diaryl/α,β-unsaturated/α-hetero) is 1. The second kappa shape index (κ2) is 5.16. The fourth-order valence-electron chi connectivity index (χ4n) is 2.12. The molecule has 0 N–H and O–H groups in total. The minimum Gasteiger partial charge on any atom is -0.463 e. The molecule has 20 heavy (non-hydrogen) atoms. The minimum absolute atomic E-state index is 0.239. The van der Waals surface area contributed by atoms with E-state index in [0.29, 0.717) is 10.9 Å². The number of nitrogens with zero attached hydrogens (tertiary/aromatic N) is 1. The van der Waals surface area contributed by atoms with Gasteiger partial charge >= 0.3 is 5.97 Å². The van der Waals surface area contributed by atoms with Gasteiger partial charge in [0.15, 0.2) is 0 Å². The number of benzene rings is 1. The number of ketones is 1. The van der Waals surface area contributed by atoms with Crippen LogP contribution in [0.1, 0.15) is 16.1 Å². The Hall–Kier alpha value is -2.63. The number of hydrogen-bond donors (Lipinski definition) is 0. The van der Waals surface area contributed by atoms with E-state index in [-0.39, 0.29) is 11.3 Å². The van der Waals surface area contributed by atoms with Crippen LogP contribution in [0, 0.1) is 6.92 Å². The summed E-state index contributed by atoms with van der Waals surface area (Å²) >= 11 is 0. The standard InChI is InChI=1S/C14H13NO5/c1-8-11(13(17)14(18)19-2)12(16)9-6-4-5-7-10(9)15(8)20-3/h4-7H,1-3H3. The van der Waals surface area contributed by atoms with Gasteiger partial charge in [0.1, 0.15) is 12.7 Å². The van der Waals surface area contributed by atoms with Crippen LogP contribution in [0.15, 0.2) is 29.1 Å². The van der Waals surface area contributed by atoms with Crippen LogP contribution in [0.5, 0.6) is 0 Å². The maximum absolute atomic E-state index is 12.4. The number of carbonyl (C=O) groups is 2. The number of rotatable bonds is 3. The van der Waals surface area contributed by atoms with E-state index in [1.165, 1.54) is 18.8 Å². The molecule has 0 radical (unpaired) electrons. The van der Waals surface area contributed by atoms with Crippen molar-refractivity contribution in [2.75, 3.05) is 14.2 Å². The van der Waals surface area contributed by atoms with Crippen molar-refractivity contribution in [3.05, 3.63) is 45.7 Å². The van der Waals surface area contributed by atoms with Crippen molar-refractivity contribution in [2.45, 2.75) is 6.92 Å². The topological polar surface area (TPSA) is 74.6 Å². The second-order valence-electron chi connectivity index (χ2n) is 4.10. The van der Waals surface area contributed by atoms with E-state index in [1.54, 1.807) is 24.3 Å². The Morgan fingerprint density at radius 1 is 1.15 bits per heavy atom. The molecule has 1 heterocycles. The van der Waals surface area contributed by atoms with Crippen LogP contribution in [-0.2, 0) is 9.53 Å². The lowest BCUT2D eigenvalue weighted by molar-refractivity contribution is -0.135. The molecular weight excluding hydrogens is 262 g/mol. The summed E-state index contributed by atoms with van der Waals surface area (Å²) < 4.78 is 5.72. The van der Waals surface area contributed by atoms with Gasteiger partial charge in [-0.05, 0) is 19.1 Å². The number of fused-ring (bicyclic) bond motifs is 1. The summed E-state index contributed by atoms with van der Waals surface area (Å²) in [6.45, 7) is 1.54. The van der Waals surface area contributed by atoms with Crippen molar-refractivity contribution in [3.63, 3.8) is 0 Å². The summed E-state index contributed by atoms with van der Waals surface area (Å²) in [7, 11) is 2.50. The molecular formula is C14H13NO5. The molecule has 6 heteroatoms. The van der Waals surface area contributed by atoms with E-state index < -0.39 is 17.2 Å². The molecule has 2 aromatic rings. The van der Waals surface area contributed by atoms with Crippen LogP contribution in [-0.4, -0.2) is 30.7 Å². The van der Waals surface area contributed by atoms with E-state index in [0.717, 1.165) is 7.11 Å². The van der Waals surface area contributed by atoms with Crippen LogP contribution >= 0.6 is 0 Å². The summed E-state index contributed by atoms with van der Waals surface area (Å²) in [5.41, 5.74) is 0.0321. The third-order valence-corrected chi connectivity index (χ3v) is 3.04. The number of ether oxygens (including phenoxy) is 1. The van der Waals surface area contributed by atoms with E-state index in [9.17, 15) is 14.4 Å². The molecule has 104 valence electrons. The van der Waals surface area contributed by atoms with Crippen LogP contribution in [0.4, 0.5) is 0 Å². The Bertz CT molecular complexity index is 760. The van der Waals surface area contributed by atoms with Crippen LogP contribution < -0.4 is 10.3 Å². The maximum Gasteiger partial charge on any atom is 0.379 e. The van der Waals surface area contributed by atoms with Crippen molar-refractivity contribution in [1.29, 1.82) is 0 Å². The zero-order valence-corrected chi connectivity index (χ0v) is 11.3. The van der Waals surface area contributed by atoms with Gasteiger partial charge in [0.2, 0.25) is 5.43 Å². The SMILES string of the molecule is COC(=O)C(=O)c1c(C)n(OC)c2ccccc2c1=O. The van der Waals surface area contributed by atoms with Crippen molar-refractivity contribution in [2.24, 2.45) is 0 Å². The average molecular weight is 275 g/mol. The number of esters is 1. The highest BCUT2D eigenvalue weighted by molar-refractivity contribution is 6.41. The molecule has 1 aromatic carbocycles. The van der Waals surface area contributed by atoms with E-state index in [4.69, 9.17) is 4.84 Å². The Balaban J connectivity index is 2.89. The highest BCUT2D eigenvalue weighted by atomic mass is 16.6. The van der Waals surface area contributed by atoms with Gasteiger partial charge < -0.3 is 9.57 Å². The Labute approximate surface area is 114 Å². The molecule has 0 saturated heterocycles. The first-order valence-corrected chi connectivity index (χ1v) is 5.84. The number of aromatic nitrogens is 1. The quantitative estimate of drug-likeness (QED) is 0.469. The Kier molecular flexibility index (Phi) is 3.56. The lowest BCUT2D eigenvalue weighted by atomic mass is 10.0. The van der Waals surface area contributed by atoms with E-state index in [2.05, 4.69) is 4.74 Å². The highest BCUT2D eigenvalue weighted by Gasteiger charge is 2.26. The average Bonchev–Trinajstić information content (AvgIpc) is 2.47. The van der Waals surface area contributed by atoms with Gasteiger partial charge in [0.05, 0.1) is 18.3 Å². The number of methoxy groups -OCH3 is 1. The first-order valence-electron chi connectivity index (χ1n) is 5.84. The number of pyridine rings is 1. The number of carbonyl (C=O) groups excluding carboxylic acids is 2. The van der Waals surface area contributed by atoms with Gasteiger partial charge in [-0.25, -0.2) is 4.79 Å². The van der Waals surface area contributed by atoms with Gasteiger partial charge in [0, 0.05) is 5.39 Å². The molecule has 0 atom stereocenters. The summed E-state index contributed by atoms with van der Waals surface area (Å²) in [5, 5.41) is 0.298. The summed E-state index contributed by atoms with van der Waals surface area (Å²) in [4.78, 5) is 41.0. The molecule has 0 aliphatic carbocycles. The smallest absolute Gasteiger partial charge is 0.379 e. The predicted octanol–water partition coefficient (Wildman–Crippen LogP) is 0.724.